The van der Waals surface area contributed by atoms with Crippen molar-refractivity contribution < 1.29 is 9.47 Å². The number of terminal acetylenes is 1. The van der Waals surface area contributed by atoms with Crippen molar-refractivity contribution in [3.63, 3.8) is 0 Å². The Kier molecular flexibility index (Phi) is 3.18. The molecule has 0 bridgehead atoms. The van der Waals surface area contributed by atoms with Crippen LogP contribution in [-0.4, -0.2) is 13.4 Å². The lowest BCUT2D eigenvalue weighted by Crippen LogP contribution is -2.15. The van der Waals surface area contributed by atoms with Crippen molar-refractivity contribution in [1.82, 2.24) is 0 Å². The highest BCUT2D eigenvalue weighted by Crippen LogP contribution is 2.10. The monoisotopic (exact) mass is 162 g/mol. The molecule has 1 unspecified atom stereocenters. The fourth-order valence-corrected chi connectivity index (χ4v) is 0.773. The summed E-state index contributed by atoms with van der Waals surface area (Å²) in [5.74, 6) is 3.07. The fraction of sp³-hybridized carbons (Fsp3) is 0.200. The molecule has 0 radical (unpaired) electrons. The van der Waals surface area contributed by atoms with Gasteiger partial charge in [-0.2, -0.15) is 0 Å². The molecule has 1 aromatic carbocycles. The van der Waals surface area contributed by atoms with Gasteiger partial charge >= 0.3 is 0 Å². The Balaban J connectivity index is 2.58. The van der Waals surface area contributed by atoms with Gasteiger partial charge in [-0.15, -0.1) is 6.42 Å². The van der Waals surface area contributed by atoms with Crippen LogP contribution in [0, 0.1) is 12.3 Å². The van der Waals surface area contributed by atoms with Crippen molar-refractivity contribution >= 4 is 0 Å². The Morgan fingerprint density at radius 1 is 1.33 bits per heavy atom. The van der Waals surface area contributed by atoms with Crippen LogP contribution in [0.15, 0.2) is 30.3 Å². The van der Waals surface area contributed by atoms with E-state index in [1.807, 2.05) is 30.3 Å². The maximum absolute atomic E-state index is 5.25. The first-order valence-corrected chi connectivity index (χ1v) is 3.57. The first-order chi connectivity index (χ1) is 5.86. The summed E-state index contributed by atoms with van der Waals surface area (Å²) in [4.78, 5) is 0. The third kappa shape index (κ3) is 2.30. The Labute approximate surface area is 72.1 Å². The van der Waals surface area contributed by atoms with Crippen LogP contribution in [0.1, 0.15) is 0 Å². The summed E-state index contributed by atoms with van der Waals surface area (Å²) in [5, 5.41) is 0. The highest BCUT2D eigenvalue weighted by molar-refractivity contribution is 5.21. The molecule has 0 saturated heterocycles. The fourth-order valence-electron chi connectivity index (χ4n) is 0.773. The molecule has 2 heteroatoms. The summed E-state index contributed by atoms with van der Waals surface area (Å²) < 4.78 is 10.1. The first-order valence-electron chi connectivity index (χ1n) is 3.57. The highest BCUT2D eigenvalue weighted by atomic mass is 16.7. The smallest absolute Gasteiger partial charge is 0.264 e. The SMILES string of the molecule is C#CC(OC)Oc1ccccc1. The van der Waals surface area contributed by atoms with Crippen molar-refractivity contribution in [3.05, 3.63) is 30.3 Å². The van der Waals surface area contributed by atoms with Gasteiger partial charge in [0.05, 0.1) is 0 Å². The second-order valence-electron chi connectivity index (χ2n) is 2.17. The molecule has 0 spiro atoms. The predicted octanol–water partition coefficient (Wildman–Crippen LogP) is 1.67. The molecule has 62 valence electrons. The minimum absolute atomic E-state index is 0.604. The van der Waals surface area contributed by atoms with Gasteiger partial charge in [0.25, 0.3) is 6.29 Å². The topological polar surface area (TPSA) is 18.5 Å². The van der Waals surface area contributed by atoms with Gasteiger partial charge in [-0.1, -0.05) is 18.2 Å². The van der Waals surface area contributed by atoms with E-state index in [1.54, 1.807) is 0 Å². The Bertz CT molecular complexity index is 261. The molecule has 1 atom stereocenters. The molecule has 0 aliphatic rings. The van der Waals surface area contributed by atoms with Crippen molar-refractivity contribution in [1.29, 1.82) is 0 Å². The molecule has 1 rings (SSSR count). The lowest BCUT2D eigenvalue weighted by atomic mass is 10.3. The first kappa shape index (κ1) is 8.63. The molecule has 0 aromatic heterocycles. The predicted molar refractivity (Wildman–Crippen MR) is 46.7 cm³/mol. The van der Waals surface area contributed by atoms with Crippen molar-refractivity contribution in [3.8, 4) is 18.1 Å². The average molecular weight is 162 g/mol. The maximum Gasteiger partial charge on any atom is 0.264 e. The number of ether oxygens (including phenoxy) is 2. The van der Waals surface area contributed by atoms with Crippen LogP contribution in [0.4, 0.5) is 0 Å². The van der Waals surface area contributed by atoms with Gasteiger partial charge in [-0.05, 0) is 18.1 Å². The second kappa shape index (κ2) is 4.42. The van der Waals surface area contributed by atoms with Crippen LogP contribution in [0.2, 0.25) is 0 Å². The molecule has 12 heavy (non-hydrogen) atoms. The maximum atomic E-state index is 5.25. The molecule has 0 saturated carbocycles. The average Bonchev–Trinajstić information content (AvgIpc) is 2.16. The summed E-state index contributed by atoms with van der Waals surface area (Å²) in [6.45, 7) is 0. The molecule has 2 nitrogen and oxygen atoms in total. The number of benzene rings is 1. The summed E-state index contributed by atoms with van der Waals surface area (Å²) in [6.07, 6.45) is 4.53. The van der Waals surface area contributed by atoms with E-state index in [2.05, 4.69) is 5.92 Å². The van der Waals surface area contributed by atoms with E-state index >= 15 is 0 Å². The lowest BCUT2D eigenvalue weighted by Gasteiger charge is -2.10. The summed E-state index contributed by atoms with van der Waals surface area (Å²) >= 11 is 0. The molecule has 0 fully saturated rings. The van der Waals surface area contributed by atoms with E-state index in [1.165, 1.54) is 7.11 Å². The summed E-state index contributed by atoms with van der Waals surface area (Å²) in [6, 6.07) is 9.30. The summed E-state index contributed by atoms with van der Waals surface area (Å²) in [7, 11) is 1.51. The van der Waals surface area contributed by atoms with E-state index in [4.69, 9.17) is 15.9 Å². The number of rotatable bonds is 3. The second-order valence-corrected chi connectivity index (χ2v) is 2.17. The number of para-hydroxylation sites is 1. The van der Waals surface area contributed by atoms with Gasteiger partial charge in [0.15, 0.2) is 0 Å². The minimum atomic E-state index is -0.604. The third-order valence-corrected chi connectivity index (χ3v) is 1.34. The Morgan fingerprint density at radius 2 is 2.00 bits per heavy atom. The van der Waals surface area contributed by atoms with Crippen molar-refractivity contribution in [2.24, 2.45) is 0 Å². The largest absolute Gasteiger partial charge is 0.453 e. The van der Waals surface area contributed by atoms with E-state index in [0.717, 1.165) is 0 Å². The zero-order valence-electron chi connectivity index (χ0n) is 6.86. The molecular weight excluding hydrogens is 152 g/mol. The molecule has 0 aliphatic heterocycles. The lowest BCUT2D eigenvalue weighted by molar-refractivity contribution is -0.00801. The van der Waals surface area contributed by atoms with Crippen molar-refractivity contribution in [2.75, 3.05) is 7.11 Å². The van der Waals surface area contributed by atoms with Crippen LogP contribution in [0.25, 0.3) is 0 Å². The molecule has 0 aliphatic carbocycles. The Morgan fingerprint density at radius 3 is 2.50 bits per heavy atom. The van der Waals surface area contributed by atoms with Gasteiger partial charge in [-0.25, -0.2) is 0 Å². The third-order valence-electron chi connectivity index (χ3n) is 1.34. The van der Waals surface area contributed by atoms with Gasteiger partial charge in [0.2, 0.25) is 0 Å². The molecule has 0 N–H and O–H groups in total. The number of methoxy groups -OCH3 is 1. The van der Waals surface area contributed by atoms with E-state index in [0.29, 0.717) is 5.75 Å². The molecule has 0 heterocycles. The van der Waals surface area contributed by atoms with Crippen LogP contribution >= 0.6 is 0 Å². The van der Waals surface area contributed by atoms with E-state index in [9.17, 15) is 0 Å². The van der Waals surface area contributed by atoms with Gasteiger partial charge in [-0.3, -0.25) is 0 Å². The van der Waals surface area contributed by atoms with E-state index < -0.39 is 6.29 Å². The Hall–Kier alpha value is -1.46. The molecule has 0 amide bonds. The van der Waals surface area contributed by atoms with E-state index in [-0.39, 0.29) is 0 Å². The number of hydrogen-bond donors (Lipinski definition) is 0. The molecular formula is C10H10O2. The molecule has 1 aromatic rings. The standard InChI is InChI=1S/C10H10O2/c1-3-10(11-2)12-9-7-5-4-6-8-9/h1,4-8,10H,2H3. The van der Waals surface area contributed by atoms with Gasteiger partial charge in [0, 0.05) is 7.11 Å². The zero-order chi connectivity index (χ0) is 8.81. The van der Waals surface area contributed by atoms with Crippen LogP contribution in [0.5, 0.6) is 5.75 Å². The van der Waals surface area contributed by atoms with Gasteiger partial charge in [0.1, 0.15) is 5.75 Å². The highest BCUT2D eigenvalue weighted by Gasteiger charge is 2.01. The van der Waals surface area contributed by atoms with Gasteiger partial charge < -0.3 is 9.47 Å². The van der Waals surface area contributed by atoms with Crippen LogP contribution in [-0.2, 0) is 4.74 Å². The summed E-state index contributed by atoms with van der Waals surface area (Å²) in [5.41, 5.74) is 0. The number of hydrogen-bond acceptors (Lipinski definition) is 2. The van der Waals surface area contributed by atoms with Crippen LogP contribution < -0.4 is 4.74 Å². The quantitative estimate of drug-likeness (QED) is 0.497. The van der Waals surface area contributed by atoms with Crippen molar-refractivity contribution in [2.45, 2.75) is 6.29 Å². The zero-order valence-corrected chi connectivity index (χ0v) is 6.86. The normalized spacial score (nSPS) is 11.7. The van der Waals surface area contributed by atoms with Crippen LogP contribution in [0.3, 0.4) is 0 Å². The minimum Gasteiger partial charge on any atom is -0.453 e.